The molecule has 2 heterocycles. The van der Waals surface area contributed by atoms with Gasteiger partial charge in [0.1, 0.15) is 11.0 Å². The third-order valence-corrected chi connectivity index (χ3v) is 7.66. The van der Waals surface area contributed by atoms with Gasteiger partial charge in [0.05, 0.1) is 4.90 Å². The minimum Gasteiger partial charge on any atom is -0.354 e. The number of piperazine rings is 1. The molecule has 1 aromatic heterocycles. The summed E-state index contributed by atoms with van der Waals surface area (Å²) in [6.45, 7) is 1.68. The second-order valence-corrected chi connectivity index (χ2v) is 10.4. The lowest BCUT2D eigenvalue weighted by atomic mass is 10.2. The van der Waals surface area contributed by atoms with E-state index in [4.69, 9.17) is 11.6 Å². The number of halogens is 2. The summed E-state index contributed by atoms with van der Waals surface area (Å²) in [6, 6.07) is 18.6. The van der Waals surface area contributed by atoms with E-state index in [0.717, 1.165) is 4.47 Å². The van der Waals surface area contributed by atoms with Crippen LogP contribution >= 0.6 is 27.5 Å². The Kier molecular flexibility index (Phi) is 6.80. The van der Waals surface area contributed by atoms with Crippen LogP contribution in [0, 0.1) is 0 Å². The summed E-state index contributed by atoms with van der Waals surface area (Å²) in [5, 5.41) is 3.15. The standard InChI is InChI=1S/C22H20BrClN4O3S/c23-17-14-20(24)26-21(15-17)27-10-12-28(13-11-27)32(30,31)19-8-6-18(7-9-19)25-22(29)16-4-2-1-3-5-16/h1-9,14-15H,10-13H2,(H,25,29). The number of benzene rings is 2. The van der Waals surface area contributed by atoms with E-state index in [1.165, 1.54) is 16.4 Å². The van der Waals surface area contributed by atoms with Crippen molar-refractivity contribution in [2.45, 2.75) is 4.90 Å². The van der Waals surface area contributed by atoms with E-state index < -0.39 is 10.0 Å². The smallest absolute Gasteiger partial charge is 0.255 e. The van der Waals surface area contributed by atoms with Gasteiger partial charge >= 0.3 is 0 Å². The predicted octanol–water partition coefficient (Wildman–Crippen LogP) is 4.26. The van der Waals surface area contributed by atoms with Crippen LogP contribution in [0.1, 0.15) is 10.4 Å². The van der Waals surface area contributed by atoms with Gasteiger partial charge in [0.25, 0.3) is 5.91 Å². The molecule has 166 valence electrons. The van der Waals surface area contributed by atoms with Gasteiger partial charge in [-0.05, 0) is 48.5 Å². The molecule has 1 fully saturated rings. The van der Waals surface area contributed by atoms with Gasteiger partial charge in [-0.2, -0.15) is 4.31 Å². The number of sulfonamides is 1. The molecule has 1 aliphatic heterocycles. The van der Waals surface area contributed by atoms with E-state index in [9.17, 15) is 13.2 Å². The zero-order chi connectivity index (χ0) is 22.7. The summed E-state index contributed by atoms with van der Waals surface area (Å²) in [7, 11) is -3.64. The lowest BCUT2D eigenvalue weighted by Gasteiger charge is -2.34. The number of rotatable bonds is 5. The lowest BCUT2D eigenvalue weighted by molar-refractivity contribution is 0.102. The highest BCUT2D eigenvalue weighted by molar-refractivity contribution is 9.10. The number of aromatic nitrogens is 1. The molecule has 2 aromatic carbocycles. The number of nitrogens with one attached hydrogen (secondary N) is 1. The van der Waals surface area contributed by atoms with Gasteiger partial charge in [0, 0.05) is 41.9 Å². The maximum absolute atomic E-state index is 13.1. The topological polar surface area (TPSA) is 82.6 Å². The normalized spacial score (nSPS) is 14.9. The molecular formula is C22H20BrClN4O3S. The number of pyridine rings is 1. The Morgan fingerprint density at radius 2 is 1.62 bits per heavy atom. The summed E-state index contributed by atoms with van der Waals surface area (Å²) in [5.41, 5.74) is 1.06. The molecule has 32 heavy (non-hydrogen) atoms. The Balaban J connectivity index is 1.41. The summed E-state index contributed by atoms with van der Waals surface area (Å²) >= 11 is 9.43. The third kappa shape index (κ3) is 5.12. The van der Waals surface area contributed by atoms with Crippen molar-refractivity contribution < 1.29 is 13.2 Å². The number of amides is 1. The van der Waals surface area contributed by atoms with Crippen molar-refractivity contribution in [3.05, 3.63) is 81.9 Å². The van der Waals surface area contributed by atoms with Gasteiger partial charge in [-0.15, -0.1) is 0 Å². The average Bonchev–Trinajstić information content (AvgIpc) is 2.79. The van der Waals surface area contributed by atoms with E-state index in [1.54, 1.807) is 42.5 Å². The van der Waals surface area contributed by atoms with Crippen molar-refractivity contribution in [2.24, 2.45) is 0 Å². The number of carbonyl (C=O) groups excluding carboxylic acids is 1. The third-order valence-electron chi connectivity index (χ3n) is 5.09. The largest absolute Gasteiger partial charge is 0.354 e. The SMILES string of the molecule is O=C(Nc1ccc(S(=O)(=O)N2CCN(c3cc(Br)cc(Cl)n3)CC2)cc1)c1ccccc1. The summed E-state index contributed by atoms with van der Waals surface area (Å²) in [4.78, 5) is 18.8. The maximum Gasteiger partial charge on any atom is 0.255 e. The summed E-state index contributed by atoms with van der Waals surface area (Å²) in [5.74, 6) is 0.457. The van der Waals surface area contributed by atoms with Gasteiger partial charge in [-0.25, -0.2) is 13.4 Å². The molecule has 0 saturated carbocycles. The molecular weight excluding hydrogens is 516 g/mol. The molecule has 0 radical (unpaired) electrons. The van der Waals surface area contributed by atoms with Crippen molar-refractivity contribution >= 4 is 55.0 Å². The Morgan fingerprint density at radius 3 is 2.25 bits per heavy atom. The molecule has 7 nitrogen and oxygen atoms in total. The van der Waals surface area contributed by atoms with Crippen LogP contribution in [-0.2, 0) is 10.0 Å². The first-order valence-electron chi connectivity index (χ1n) is 9.87. The van der Waals surface area contributed by atoms with Gasteiger partial charge in [0.15, 0.2) is 0 Å². The average molecular weight is 536 g/mol. The molecule has 3 aromatic rings. The summed E-state index contributed by atoms with van der Waals surface area (Å²) in [6.07, 6.45) is 0. The number of hydrogen-bond donors (Lipinski definition) is 1. The molecule has 4 rings (SSSR count). The molecule has 1 N–H and O–H groups in total. The van der Waals surface area contributed by atoms with Gasteiger partial charge < -0.3 is 10.2 Å². The van der Waals surface area contributed by atoms with Gasteiger partial charge in [0.2, 0.25) is 10.0 Å². The number of nitrogens with zero attached hydrogens (tertiary/aromatic N) is 3. The van der Waals surface area contributed by atoms with Crippen LogP contribution in [0.2, 0.25) is 5.15 Å². The van der Waals surface area contributed by atoms with Crippen molar-refractivity contribution in [1.29, 1.82) is 0 Å². The Hall–Kier alpha value is -2.46. The predicted molar refractivity (Wildman–Crippen MR) is 129 cm³/mol. The van der Waals surface area contributed by atoms with Crippen molar-refractivity contribution in [3.63, 3.8) is 0 Å². The highest BCUT2D eigenvalue weighted by Crippen LogP contribution is 2.25. The second-order valence-electron chi connectivity index (χ2n) is 7.20. The zero-order valence-corrected chi connectivity index (χ0v) is 20.1. The van der Waals surface area contributed by atoms with E-state index in [0.29, 0.717) is 48.4 Å². The van der Waals surface area contributed by atoms with E-state index in [1.807, 2.05) is 17.0 Å². The number of anilines is 2. The Labute approximate surface area is 200 Å². The Bertz CT molecular complexity index is 1200. The minimum absolute atomic E-state index is 0.187. The minimum atomic E-state index is -3.64. The highest BCUT2D eigenvalue weighted by atomic mass is 79.9. The fourth-order valence-corrected chi connectivity index (χ4v) is 5.60. The van der Waals surface area contributed by atoms with Gasteiger partial charge in [-0.3, -0.25) is 4.79 Å². The first-order chi connectivity index (χ1) is 15.3. The highest BCUT2D eigenvalue weighted by Gasteiger charge is 2.29. The van der Waals surface area contributed by atoms with Crippen LogP contribution in [0.15, 0.2) is 76.1 Å². The van der Waals surface area contributed by atoms with Crippen LogP contribution in [0.25, 0.3) is 0 Å². The molecule has 0 bridgehead atoms. The van der Waals surface area contributed by atoms with Gasteiger partial charge in [-0.1, -0.05) is 45.7 Å². The monoisotopic (exact) mass is 534 g/mol. The van der Waals surface area contributed by atoms with Crippen LogP contribution in [0.3, 0.4) is 0 Å². The molecule has 0 atom stereocenters. The molecule has 1 saturated heterocycles. The van der Waals surface area contributed by atoms with E-state index >= 15 is 0 Å². The fourth-order valence-electron chi connectivity index (χ4n) is 3.42. The zero-order valence-electron chi connectivity index (χ0n) is 16.9. The number of carbonyl (C=O) groups is 1. The Morgan fingerprint density at radius 1 is 0.969 bits per heavy atom. The van der Waals surface area contributed by atoms with Crippen LogP contribution in [-0.4, -0.2) is 49.8 Å². The molecule has 0 unspecified atom stereocenters. The molecule has 1 aliphatic rings. The van der Waals surface area contributed by atoms with Crippen LogP contribution < -0.4 is 10.2 Å². The second kappa shape index (κ2) is 9.58. The molecule has 0 spiro atoms. The van der Waals surface area contributed by atoms with Crippen LogP contribution in [0.5, 0.6) is 0 Å². The molecule has 10 heteroatoms. The molecule has 0 aliphatic carbocycles. The maximum atomic E-state index is 13.1. The fraction of sp³-hybridized carbons (Fsp3) is 0.182. The summed E-state index contributed by atoms with van der Waals surface area (Å²) < 4.78 is 28.4. The first-order valence-corrected chi connectivity index (χ1v) is 12.5. The van der Waals surface area contributed by atoms with Crippen molar-refractivity contribution in [1.82, 2.24) is 9.29 Å². The van der Waals surface area contributed by atoms with Crippen molar-refractivity contribution in [2.75, 3.05) is 36.4 Å². The van der Waals surface area contributed by atoms with E-state index in [-0.39, 0.29) is 10.8 Å². The molecule has 1 amide bonds. The van der Waals surface area contributed by atoms with E-state index in [2.05, 4.69) is 26.2 Å². The lowest BCUT2D eigenvalue weighted by Crippen LogP contribution is -2.48. The first kappa shape index (κ1) is 22.7. The quantitative estimate of drug-likeness (QED) is 0.494. The van der Waals surface area contributed by atoms with Crippen molar-refractivity contribution in [3.8, 4) is 0 Å². The number of hydrogen-bond acceptors (Lipinski definition) is 5. The van der Waals surface area contributed by atoms with Crippen LogP contribution in [0.4, 0.5) is 11.5 Å².